The molecule has 34 heavy (non-hydrogen) atoms. The molecule has 3 aromatic rings. The Bertz CT molecular complexity index is 1230. The van der Waals surface area contributed by atoms with Crippen LogP contribution in [-0.4, -0.2) is 34.6 Å². The molecule has 2 N–H and O–H groups in total. The molecule has 0 spiro atoms. The molecular weight excluding hydrogens is 480 g/mol. The maximum Gasteiger partial charge on any atom is 0.265 e. The van der Waals surface area contributed by atoms with Crippen molar-refractivity contribution in [2.75, 3.05) is 24.3 Å². The first kappa shape index (κ1) is 25.2. The summed E-state index contributed by atoms with van der Waals surface area (Å²) in [6.45, 7) is 1.83. The molecule has 3 rings (SSSR count). The molecule has 0 radical (unpaired) electrons. The summed E-state index contributed by atoms with van der Waals surface area (Å²) in [4.78, 5) is 12.7. The van der Waals surface area contributed by atoms with Gasteiger partial charge in [0.2, 0.25) is 0 Å². The topological polar surface area (TPSA) is 103 Å². The Morgan fingerprint density at radius 2 is 1.59 bits per heavy atom. The Morgan fingerprint density at radius 1 is 0.941 bits per heavy atom. The number of halogens is 1. The lowest BCUT2D eigenvalue weighted by molar-refractivity contribution is -0.122. The van der Waals surface area contributed by atoms with E-state index in [4.69, 9.17) is 25.8 Å². The van der Waals surface area contributed by atoms with Gasteiger partial charge < -0.3 is 19.5 Å². The lowest BCUT2D eigenvalue weighted by atomic mass is 10.2. The van der Waals surface area contributed by atoms with Crippen LogP contribution in [0.5, 0.6) is 17.2 Å². The number of hydrogen-bond acceptors (Lipinski definition) is 6. The Morgan fingerprint density at radius 3 is 2.18 bits per heavy atom. The normalized spacial score (nSPS) is 11.9. The molecule has 180 valence electrons. The zero-order valence-electron chi connectivity index (χ0n) is 18.9. The highest BCUT2D eigenvalue weighted by molar-refractivity contribution is 7.92. The highest BCUT2D eigenvalue weighted by atomic mass is 35.5. The fourth-order valence-corrected chi connectivity index (χ4v) is 4.22. The quantitative estimate of drug-likeness (QED) is 0.405. The number of hydrogen-bond donors (Lipinski definition) is 2. The van der Waals surface area contributed by atoms with Gasteiger partial charge in [0.15, 0.2) is 6.10 Å². The highest BCUT2D eigenvalue weighted by Gasteiger charge is 2.20. The van der Waals surface area contributed by atoms with E-state index in [9.17, 15) is 13.2 Å². The van der Waals surface area contributed by atoms with Crippen molar-refractivity contribution in [2.24, 2.45) is 0 Å². The fraction of sp³-hybridized carbons (Fsp3) is 0.208. The van der Waals surface area contributed by atoms with Gasteiger partial charge in [0.25, 0.3) is 15.9 Å². The van der Waals surface area contributed by atoms with E-state index in [0.717, 1.165) is 0 Å². The van der Waals surface area contributed by atoms with Crippen molar-refractivity contribution in [2.45, 2.75) is 24.3 Å². The predicted molar refractivity (Wildman–Crippen MR) is 132 cm³/mol. The lowest BCUT2D eigenvalue weighted by Gasteiger charge is -2.17. The van der Waals surface area contributed by atoms with E-state index in [1.54, 1.807) is 36.4 Å². The number of methoxy groups -OCH3 is 2. The van der Waals surface area contributed by atoms with Crippen LogP contribution >= 0.6 is 11.6 Å². The summed E-state index contributed by atoms with van der Waals surface area (Å²) in [5.41, 5.74) is 0.672. The number of carbonyl (C=O) groups is 1. The number of sulfonamides is 1. The van der Waals surface area contributed by atoms with Gasteiger partial charge in [-0.3, -0.25) is 9.52 Å². The first-order valence-corrected chi connectivity index (χ1v) is 12.2. The van der Waals surface area contributed by atoms with Crippen LogP contribution < -0.4 is 24.2 Å². The number of ether oxygens (including phenoxy) is 3. The van der Waals surface area contributed by atoms with E-state index in [1.165, 1.54) is 44.6 Å². The minimum absolute atomic E-state index is 0.0137. The van der Waals surface area contributed by atoms with Gasteiger partial charge in [-0.1, -0.05) is 18.5 Å². The van der Waals surface area contributed by atoms with E-state index in [2.05, 4.69) is 10.0 Å². The van der Waals surface area contributed by atoms with Gasteiger partial charge in [0.05, 0.1) is 24.8 Å². The summed E-state index contributed by atoms with van der Waals surface area (Å²) in [6, 6.07) is 17.3. The van der Waals surface area contributed by atoms with Crippen LogP contribution in [0.1, 0.15) is 13.3 Å². The highest BCUT2D eigenvalue weighted by Crippen LogP contribution is 2.31. The number of anilines is 2. The number of rotatable bonds is 10. The molecule has 0 bridgehead atoms. The summed E-state index contributed by atoms with van der Waals surface area (Å²) in [5, 5.41) is 3.31. The molecule has 0 heterocycles. The summed E-state index contributed by atoms with van der Waals surface area (Å²) in [7, 11) is -0.990. The number of amides is 1. The molecule has 0 aromatic heterocycles. The van der Waals surface area contributed by atoms with E-state index in [-0.39, 0.29) is 16.5 Å². The van der Waals surface area contributed by atoms with E-state index in [0.29, 0.717) is 34.4 Å². The van der Waals surface area contributed by atoms with Crippen molar-refractivity contribution in [1.82, 2.24) is 0 Å². The number of nitrogens with one attached hydrogen (secondary N) is 2. The van der Waals surface area contributed by atoms with E-state index < -0.39 is 16.1 Å². The van der Waals surface area contributed by atoms with Gasteiger partial charge in [-0.2, -0.15) is 0 Å². The third-order valence-electron chi connectivity index (χ3n) is 4.84. The number of benzene rings is 3. The molecule has 3 aromatic carbocycles. The first-order valence-electron chi connectivity index (χ1n) is 10.3. The second-order valence-electron chi connectivity index (χ2n) is 7.15. The van der Waals surface area contributed by atoms with Gasteiger partial charge >= 0.3 is 0 Å². The Balaban J connectivity index is 1.70. The Labute approximate surface area is 203 Å². The maximum atomic E-state index is 12.9. The Kier molecular flexibility index (Phi) is 8.25. The van der Waals surface area contributed by atoms with Crippen molar-refractivity contribution in [3.63, 3.8) is 0 Å². The molecule has 0 aliphatic carbocycles. The summed E-state index contributed by atoms with van der Waals surface area (Å²) in [5.74, 6) is 0.988. The molecule has 0 fully saturated rings. The fourth-order valence-electron chi connectivity index (χ4n) is 3.04. The van der Waals surface area contributed by atoms with Crippen LogP contribution in [-0.2, 0) is 14.8 Å². The van der Waals surface area contributed by atoms with Gasteiger partial charge in [0, 0.05) is 16.8 Å². The van der Waals surface area contributed by atoms with Crippen molar-refractivity contribution in [1.29, 1.82) is 0 Å². The van der Waals surface area contributed by atoms with E-state index in [1.807, 2.05) is 6.92 Å². The van der Waals surface area contributed by atoms with Crippen LogP contribution in [0.3, 0.4) is 0 Å². The summed E-state index contributed by atoms with van der Waals surface area (Å²) in [6.07, 6.45) is -0.292. The predicted octanol–water partition coefficient (Wildman–Crippen LogP) is 4.95. The second kappa shape index (κ2) is 11.1. The lowest BCUT2D eigenvalue weighted by Crippen LogP contribution is -2.32. The minimum Gasteiger partial charge on any atom is -0.497 e. The van der Waals surface area contributed by atoms with Gasteiger partial charge in [-0.15, -0.1) is 0 Å². The van der Waals surface area contributed by atoms with E-state index >= 15 is 0 Å². The van der Waals surface area contributed by atoms with Crippen LogP contribution in [0.15, 0.2) is 71.6 Å². The van der Waals surface area contributed by atoms with Crippen molar-refractivity contribution in [3.05, 3.63) is 71.8 Å². The monoisotopic (exact) mass is 504 g/mol. The van der Waals surface area contributed by atoms with Crippen molar-refractivity contribution in [3.8, 4) is 17.2 Å². The largest absolute Gasteiger partial charge is 0.497 e. The molecule has 1 atom stereocenters. The smallest absolute Gasteiger partial charge is 0.265 e. The van der Waals surface area contributed by atoms with Gasteiger partial charge in [-0.25, -0.2) is 8.42 Å². The molecule has 0 saturated heterocycles. The molecule has 10 heteroatoms. The molecule has 1 amide bonds. The summed E-state index contributed by atoms with van der Waals surface area (Å²) >= 11 is 5.88. The molecule has 0 aliphatic rings. The van der Waals surface area contributed by atoms with Crippen molar-refractivity contribution >= 4 is 38.9 Å². The minimum atomic E-state index is -3.92. The molecular formula is C24H25ClN2O6S. The summed E-state index contributed by atoms with van der Waals surface area (Å²) < 4.78 is 44.3. The Hall–Kier alpha value is -3.43. The second-order valence-corrected chi connectivity index (χ2v) is 9.27. The average molecular weight is 505 g/mol. The first-order chi connectivity index (χ1) is 16.2. The standard InChI is InChI=1S/C24H25ClN2O6S/c1-4-22(33-18-9-5-16(25)6-10-18)24(28)26-17-7-12-20(13-8-17)34(29,30)27-21-15-19(31-2)11-14-23(21)32-3/h5-15,22,27H,4H2,1-3H3,(H,26,28)/t22-/m0/s1. The molecule has 0 saturated carbocycles. The molecule has 0 unspecified atom stereocenters. The third-order valence-corrected chi connectivity index (χ3v) is 6.47. The zero-order chi connectivity index (χ0) is 24.7. The zero-order valence-corrected chi connectivity index (χ0v) is 20.4. The maximum absolute atomic E-state index is 12.9. The molecule has 8 nitrogen and oxygen atoms in total. The number of carbonyl (C=O) groups excluding carboxylic acids is 1. The van der Waals surface area contributed by atoms with Gasteiger partial charge in [-0.05, 0) is 67.1 Å². The third kappa shape index (κ3) is 6.33. The van der Waals surface area contributed by atoms with Crippen LogP contribution in [0, 0.1) is 0 Å². The SMILES string of the molecule is CC[C@H](Oc1ccc(Cl)cc1)C(=O)Nc1ccc(S(=O)(=O)Nc2cc(OC)ccc2OC)cc1. The van der Waals surface area contributed by atoms with Crippen LogP contribution in [0.4, 0.5) is 11.4 Å². The van der Waals surface area contributed by atoms with Crippen molar-refractivity contribution < 1.29 is 27.4 Å². The average Bonchev–Trinajstić information content (AvgIpc) is 2.83. The van der Waals surface area contributed by atoms with Crippen LogP contribution in [0.2, 0.25) is 5.02 Å². The van der Waals surface area contributed by atoms with Gasteiger partial charge in [0.1, 0.15) is 17.2 Å². The van der Waals surface area contributed by atoms with Crippen LogP contribution in [0.25, 0.3) is 0 Å². The molecule has 0 aliphatic heterocycles.